The van der Waals surface area contributed by atoms with Gasteiger partial charge in [-0.15, -0.1) is 0 Å². The molecule has 2 saturated carbocycles. The van der Waals surface area contributed by atoms with Gasteiger partial charge in [-0.3, -0.25) is 0 Å². The van der Waals surface area contributed by atoms with Crippen LogP contribution in [0.3, 0.4) is 0 Å². The highest BCUT2D eigenvalue weighted by atomic mass is 19.2. The van der Waals surface area contributed by atoms with Gasteiger partial charge in [-0.1, -0.05) is 44.1 Å². The van der Waals surface area contributed by atoms with Gasteiger partial charge in [0.2, 0.25) is 5.82 Å². The van der Waals surface area contributed by atoms with Gasteiger partial charge in [0.1, 0.15) is 5.82 Å². The van der Waals surface area contributed by atoms with Gasteiger partial charge in [0.25, 0.3) is 0 Å². The molecule has 4 rings (SSSR count). The Morgan fingerprint density at radius 3 is 2.19 bits per heavy atom. The van der Waals surface area contributed by atoms with E-state index in [1.54, 1.807) is 12.1 Å². The lowest BCUT2D eigenvalue weighted by Gasteiger charge is -2.38. The van der Waals surface area contributed by atoms with Crippen LogP contribution >= 0.6 is 0 Å². The van der Waals surface area contributed by atoms with E-state index >= 15 is 4.39 Å². The van der Waals surface area contributed by atoms with Crippen molar-refractivity contribution in [1.29, 1.82) is 0 Å². The van der Waals surface area contributed by atoms with Crippen LogP contribution in [0.1, 0.15) is 96.0 Å². The molecule has 0 N–H and O–H groups in total. The Balaban J connectivity index is 1.34. The predicted octanol–water partition coefficient (Wildman–Crippen LogP) is 10.00. The van der Waals surface area contributed by atoms with Crippen LogP contribution in [0.15, 0.2) is 42.5 Å². The Morgan fingerprint density at radius 1 is 0.861 bits per heavy atom. The predicted molar refractivity (Wildman–Crippen MR) is 142 cm³/mol. The maximum Gasteiger partial charge on any atom is 0.201 e. The van der Waals surface area contributed by atoms with Gasteiger partial charge in [-0.2, -0.15) is 4.39 Å². The largest absolute Gasteiger partial charge is 0.490 e. The second-order valence-corrected chi connectivity index (χ2v) is 10.9. The summed E-state index contributed by atoms with van der Waals surface area (Å²) in [6.07, 6.45) is 17.5. The van der Waals surface area contributed by atoms with Crippen molar-refractivity contribution >= 4 is 0 Å². The van der Waals surface area contributed by atoms with E-state index in [4.69, 9.17) is 4.74 Å². The molecule has 0 aromatic heterocycles. The van der Waals surface area contributed by atoms with Crippen LogP contribution in [0, 0.1) is 35.2 Å². The van der Waals surface area contributed by atoms with Gasteiger partial charge in [-0.25, -0.2) is 8.78 Å². The van der Waals surface area contributed by atoms with Gasteiger partial charge in [-0.05, 0) is 118 Å². The third-order valence-electron chi connectivity index (χ3n) is 8.57. The van der Waals surface area contributed by atoms with Crippen LogP contribution in [0.5, 0.6) is 5.75 Å². The summed E-state index contributed by atoms with van der Waals surface area (Å²) >= 11 is 0. The van der Waals surface area contributed by atoms with Crippen molar-refractivity contribution in [1.82, 2.24) is 0 Å². The molecule has 2 fully saturated rings. The van der Waals surface area contributed by atoms with Crippen molar-refractivity contribution in [2.45, 2.75) is 90.4 Å². The lowest BCUT2D eigenvalue weighted by atomic mass is 9.68. The molecule has 0 amide bonds. The van der Waals surface area contributed by atoms with Gasteiger partial charge in [0, 0.05) is 5.56 Å². The normalized spacial score (nSPS) is 24.8. The fourth-order valence-electron chi connectivity index (χ4n) is 6.45. The number of ether oxygens (including phenoxy) is 1. The van der Waals surface area contributed by atoms with Crippen molar-refractivity contribution in [2.75, 3.05) is 6.61 Å². The van der Waals surface area contributed by atoms with E-state index in [0.29, 0.717) is 24.2 Å². The van der Waals surface area contributed by atoms with Crippen molar-refractivity contribution in [3.8, 4) is 16.9 Å². The van der Waals surface area contributed by atoms with Crippen molar-refractivity contribution in [2.24, 2.45) is 17.8 Å². The van der Waals surface area contributed by atoms with E-state index in [-0.39, 0.29) is 23.0 Å². The maximum atomic E-state index is 15.2. The molecule has 2 aromatic rings. The molecule has 4 heteroatoms. The van der Waals surface area contributed by atoms with Crippen LogP contribution in [0.2, 0.25) is 0 Å². The number of hydrogen-bond donors (Lipinski definition) is 0. The number of allylic oxidation sites excluding steroid dienone is 2. The molecule has 0 aliphatic heterocycles. The van der Waals surface area contributed by atoms with Crippen LogP contribution in [0.4, 0.5) is 13.2 Å². The second kappa shape index (κ2) is 12.8. The van der Waals surface area contributed by atoms with E-state index in [2.05, 4.69) is 19.1 Å². The molecule has 0 bridgehead atoms. The standard InChI is InChI=1S/C32H41F3O/c1-3-5-6-7-22-8-10-23(11-9-22)24-12-14-25(15-13-24)27-17-16-26(21-29(27)33)28-18-19-30(36-20-4-2)32(35)31(28)34/h3,5,16-19,21-25H,4,6-15,20H2,1-2H3. The molecule has 2 aliphatic carbocycles. The molecule has 0 heterocycles. The molecule has 0 spiro atoms. The first-order valence-corrected chi connectivity index (χ1v) is 14.0. The average Bonchev–Trinajstić information content (AvgIpc) is 2.90. The average molecular weight is 499 g/mol. The number of hydrogen-bond acceptors (Lipinski definition) is 1. The van der Waals surface area contributed by atoms with Gasteiger partial charge in [0.15, 0.2) is 11.6 Å². The summed E-state index contributed by atoms with van der Waals surface area (Å²) < 4.78 is 49.6. The van der Waals surface area contributed by atoms with Crippen molar-refractivity contribution < 1.29 is 17.9 Å². The minimum Gasteiger partial charge on any atom is -0.490 e. The molecule has 196 valence electrons. The third kappa shape index (κ3) is 6.36. The summed E-state index contributed by atoms with van der Waals surface area (Å²) in [4.78, 5) is 0. The highest BCUT2D eigenvalue weighted by molar-refractivity contribution is 5.66. The number of halogens is 3. The molecule has 0 unspecified atom stereocenters. The molecule has 2 aromatic carbocycles. The zero-order chi connectivity index (χ0) is 25.5. The Bertz CT molecular complexity index is 1010. The first-order chi connectivity index (χ1) is 17.5. The highest BCUT2D eigenvalue weighted by Gasteiger charge is 2.32. The summed E-state index contributed by atoms with van der Waals surface area (Å²) in [5, 5.41) is 0. The lowest BCUT2D eigenvalue weighted by Crippen LogP contribution is -2.25. The van der Waals surface area contributed by atoms with Crippen molar-refractivity contribution in [3.63, 3.8) is 0 Å². The molecule has 2 aliphatic rings. The fourth-order valence-corrected chi connectivity index (χ4v) is 6.45. The van der Waals surface area contributed by atoms with E-state index in [9.17, 15) is 8.78 Å². The quantitative estimate of drug-likeness (QED) is 0.313. The number of benzene rings is 2. The van der Waals surface area contributed by atoms with E-state index < -0.39 is 11.6 Å². The third-order valence-corrected chi connectivity index (χ3v) is 8.57. The van der Waals surface area contributed by atoms with Crippen LogP contribution < -0.4 is 4.74 Å². The zero-order valence-corrected chi connectivity index (χ0v) is 21.9. The van der Waals surface area contributed by atoms with E-state index in [1.165, 1.54) is 69.6 Å². The maximum absolute atomic E-state index is 15.2. The highest BCUT2D eigenvalue weighted by Crippen LogP contribution is 2.45. The second-order valence-electron chi connectivity index (χ2n) is 10.9. The Labute approximate surface area is 215 Å². The molecule has 0 saturated heterocycles. The SMILES string of the molecule is CC=CCCC1CCC(C2CCC(c3ccc(-c4ccc(OCCC)c(F)c4F)cc3F)CC2)CC1. The molecule has 1 nitrogen and oxygen atoms in total. The van der Waals surface area contributed by atoms with Crippen molar-refractivity contribution in [3.05, 3.63) is 65.5 Å². The number of rotatable bonds is 9. The molecule has 0 radical (unpaired) electrons. The molecular weight excluding hydrogens is 457 g/mol. The van der Waals surface area contributed by atoms with Gasteiger partial charge >= 0.3 is 0 Å². The summed E-state index contributed by atoms with van der Waals surface area (Å²) in [6, 6.07) is 7.76. The first-order valence-electron chi connectivity index (χ1n) is 14.0. The van der Waals surface area contributed by atoms with E-state index in [0.717, 1.165) is 30.6 Å². The fraction of sp³-hybridized carbons (Fsp3) is 0.562. The van der Waals surface area contributed by atoms with E-state index in [1.807, 2.05) is 6.92 Å². The monoisotopic (exact) mass is 498 g/mol. The first kappa shape index (κ1) is 26.8. The summed E-state index contributed by atoms with van der Waals surface area (Å²) in [5.74, 6) is 0.267. The Morgan fingerprint density at radius 2 is 1.56 bits per heavy atom. The summed E-state index contributed by atoms with van der Waals surface area (Å²) in [5.41, 5.74) is 1.13. The molecular formula is C32H41F3O. The minimum absolute atomic E-state index is 0.0619. The lowest BCUT2D eigenvalue weighted by molar-refractivity contribution is 0.156. The summed E-state index contributed by atoms with van der Waals surface area (Å²) in [7, 11) is 0. The van der Waals surface area contributed by atoms with Crippen LogP contribution in [0.25, 0.3) is 11.1 Å². The van der Waals surface area contributed by atoms with Gasteiger partial charge < -0.3 is 4.74 Å². The summed E-state index contributed by atoms with van der Waals surface area (Å²) in [6.45, 7) is 4.31. The van der Waals surface area contributed by atoms with Crippen LogP contribution in [-0.4, -0.2) is 6.61 Å². The Kier molecular flexibility index (Phi) is 9.56. The smallest absolute Gasteiger partial charge is 0.201 e. The molecule has 0 atom stereocenters. The topological polar surface area (TPSA) is 9.23 Å². The van der Waals surface area contributed by atoms with Gasteiger partial charge in [0.05, 0.1) is 6.61 Å². The Hall–Kier alpha value is -2.23. The van der Waals surface area contributed by atoms with Crippen LogP contribution in [-0.2, 0) is 0 Å². The zero-order valence-electron chi connectivity index (χ0n) is 21.9. The molecule has 36 heavy (non-hydrogen) atoms. The minimum atomic E-state index is -1.02.